The molecule has 1 N–H and O–H groups in total. The summed E-state index contributed by atoms with van der Waals surface area (Å²) in [6.07, 6.45) is 4.65. The summed E-state index contributed by atoms with van der Waals surface area (Å²) in [4.78, 5) is 14.7. The second-order valence-corrected chi connectivity index (χ2v) is 8.29. The summed E-state index contributed by atoms with van der Waals surface area (Å²) < 4.78 is 9.55. The zero-order chi connectivity index (χ0) is 21.4. The van der Waals surface area contributed by atoms with Crippen molar-refractivity contribution in [1.29, 1.82) is 0 Å². The smallest absolute Gasteiger partial charge is 0.219 e. The number of benzene rings is 1. The van der Waals surface area contributed by atoms with Crippen LogP contribution in [0.3, 0.4) is 0 Å². The minimum atomic E-state index is 0.0752. The molecule has 0 radical (unpaired) electrons. The van der Waals surface area contributed by atoms with Gasteiger partial charge in [0.15, 0.2) is 0 Å². The quantitative estimate of drug-likeness (QED) is 0.680. The second-order valence-electron chi connectivity index (χ2n) is 8.29. The van der Waals surface area contributed by atoms with Gasteiger partial charge in [-0.2, -0.15) is 5.10 Å². The largest absolute Gasteiger partial charge is 0.497 e. The summed E-state index contributed by atoms with van der Waals surface area (Å²) in [7, 11) is 5.74. The fraction of sp³-hybridized carbons (Fsp3) is 0.478. The third kappa shape index (κ3) is 3.69. The molecule has 0 saturated carbocycles. The van der Waals surface area contributed by atoms with E-state index in [0.717, 1.165) is 25.4 Å². The van der Waals surface area contributed by atoms with Crippen molar-refractivity contribution >= 4 is 16.8 Å². The Hall–Kier alpha value is -2.80. The zero-order valence-corrected chi connectivity index (χ0v) is 18.5. The van der Waals surface area contributed by atoms with Crippen molar-refractivity contribution in [1.82, 2.24) is 24.6 Å². The maximum absolute atomic E-state index is 12.3. The van der Waals surface area contributed by atoms with Crippen LogP contribution in [0.25, 0.3) is 10.9 Å². The standard InChI is InChI=1S/C23H31N5O2/c1-6-23(29)25-21-14-28(11-16-10-24-27(4)15(16)2)13-20(21)19-12-26(3)22-8-7-17(30-5)9-18(19)22/h7-10,12,20-21H,6,11,13-14H2,1-5H3,(H,25,29)/t20-,21+/m1/s1. The molecule has 4 rings (SSSR count). The molecule has 1 fully saturated rings. The van der Waals surface area contributed by atoms with Crippen molar-refractivity contribution in [3.05, 3.63) is 47.4 Å². The van der Waals surface area contributed by atoms with Gasteiger partial charge in [-0.3, -0.25) is 14.4 Å². The van der Waals surface area contributed by atoms with Crippen molar-refractivity contribution in [3.63, 3.8) is 0 Å². The number of ether oxygens (including phenoxy) is 1. The predicted octanol–water partition coefficient (Wildman–Crippen LogP) is 2.72. The Balaban J connectivity index is 1.68. The van der Waals surface area contributed by atoms with Crippen LogP contribution in [0, 0.1) is 6.92 Å². The van der Waals surface area contributed by atoms with Crippen molar-refractivity contribution in [3.8, 4) is 5.75 Å². The van der Waals surface area contributed by atoms with Crippen LogP contribution in [-0.2, 0) is 25.4 Å². The van der Waals surface area contributed by atoms with Gasteiger partial charge >= 0.3 is 0 Å². The first-order valence-electron chi connectivity index (χ1n) is 10.5. The molecule has 3 aromatic rings. The predicted molar refractivity (Wildman–Crippen MR) is 118 cm³/mol. The highest BCUT2D eigenvalue weighted by Crippen LogP contribution is 2.36. The molecular formula is C23H31N5O2. The minimum absolute atomic E-state index is 0.0752. The normalized spacial score (nSPS) is 19.5. The third-order valence-corrected chi connectivity index (χ3v) is 6.42. The van der Waals surface area contributed by atoms with E-state index >= 15 is 0 Å². The Morgan fingerprint density at radius 1 is 1.30 bits per heavy atom. The number of aryl methyl sites for hydroxylation is 2. The van der Waals surface area contributed by atoms with Crippen LogP contribution < -0.4 is 10.1 Å². The van der Waals surface area contributed by atoms with Gasteiger partial charge in [-0.15, -0.1) is 0 Å². The summed E-state index contributed by atoms with van der Waals surface area (Å²) in [5.41, 5.74) is 4.85. The maximum Gasteiger partial charge on any atom is 0.219 e. The van der Waals surface area contributed by atoms with E-state index < -0.39 is 0 Å². The molecular weight excluding hydrogens is 378 g/mol. The van der Waals surface area contributed by atoms with Crippen molar-refractivity contribution in [2.75, 3.05) is 20.2 Å². The number of amides is 1. The van der Waals surface area contributed by atoms with Crippen LogP contribution in [0.5, 0.6) is 5.75 Å². The number of likely N-dealkylation sites (tertiary alicyclic amines) is 1. The monoisotopic (exact) mass is 409 g/mol. The number of methoxy groups -OCH3 is 1. The van der Waals surface area contributed by atoms with E-state index in [2.05, 4.69) is 52.2 Å². The van der Waals surface area contributed by atoms with E-state index in [9.17, 15) is 4.79 Å². The van der Waals surface area contributed by atoms with Crippen molar-refractivity contribution < 1.29 is 9.53 Å². The second kappa shape index (κ2) is 8.14. The molecule has 1 aromatic carbocycles. The average molecular weight is 410 g/mol. The molecule has 2 aromatic heterocycles. The fourth-order valence-corrected chi connectivity index (χ4v) is 4.55. The van der Waals surface area contributed by atoms with Gasteiger partial charge in [-0.1, -0.05) is 6.92 Å². The number of fused-ring (bicyclic) bond motifs is 1. The SMILES string of the molecule is CCC(=O)N[C@H]1CN(Cc2cnn(C)c2C)C[C@@H]1c1cn(C)c2ccc(OC)cc12. The van der Waals surface area contributed by atoms with Crippen molar-refractivity contribution in [2.24, 2.45) is 14.1 Å². The van der Waals surface area contributed by atoms with Crippen LogP contribution in [-0.4, -0.2) is 51.4 Å². The lowest BCUT2D eigenvalue weighted by atomic mass is 9.93. The Morgan fingerprint density at radius 3 is 2.77 bits per heavy atom. The number of hydrogen-bond donors (Lipinski definition) is 1. The molecule has 160 valence electrons. The minimum Gasteiger partial charge on any atom is -0.497 e. The molecule has 30 heavy (non-hydrogen) atoms. The highest BCUT2D eigenvalue weighted by atomic mass is 16.5. The summed E-state index contributed by atoms with van der Waals surface area (Å²) in [5.74, 6) is 1.17. The summed E-state index contributed by atoms with van der Waals surface area (Å²) >= 11 is 0. The first-order valence-corrected chi connectivity index (χ1v) is 10.5. The lowest BCUT2D eigenvalue weighted by molar-refractivity contribution is -0.121. The van der Waals surface area contributed by atoms with E-state index in [1.54, 1.807) is 7.11 Å². The van der Waals surface area contributed by atoms with E-state index in [4.69, 9.17) is 4.74 Å². The van der Waals surface area contributed by atoms with E-state index in [1.165, 1.54) is 27.7 Å². The molecule has 1 saturated heterocycles. The van der Waals surface area contributed by atoms with Crippen LogP contribution in [0.15, 0.2) is 30.6 Å². The number of nitrogens with one attached hydrogen (secondary N) is 1. The van der Waals surface area contributed by atoms with Crippen LogP contribution in [0.4, 0.5) is 0 Å². The topological polar surface area (TPSA) is 64.3 Å². The number of carbonyl (C=O) groups is 1. The Kier molecular flexibility index (Phi) is 5.56. The molecule has 0 unspecified atom stereocenters. The van der Waals surface area contributed by atoms with Crippen LogP contribution >= 0.6 is 0 Å². The number of carbonyl (C=O) groups excluding carboxylic acids is 1. The molecule has 1 amide bonds. The molecule has 0 spiro atoms. The molecule has 2 atom stereocenters. The summed E-state index contributed by atoms with van der Waals surface area (Å²) in [5, 5.41) is 8.85. The van der Waals surface area contributed by atoms with Gasteiger partial charge in [0.1, 0.15) is 5.75 Å². The molecule has 7 heteroatoms. The molecule has 3 heterocycles. The highest BCUT2D eigenvalue weighted by Gasteiger charge is 2.36. The number of aromatic nitrogens is 3. The lowest BCUT2D eigenvalue weighted by Crippen LogP contribution is -2.39. The van der Waals surface area contributed by atoms with Gasteiger partial charge in [0, 0.05) is 80.5 Å². The average Bonchev–Trinajstić information content (AvgIpc) is 3.39. The maximum atomic E-state index is 12.3. The first-order chi connectivity index (χ1) is 14.4. The number of nitrogens with zero attached hydrogens (tertiary/aromatic N) is 4. The molecule has 1 aliphatic heterocycles. The van der Waals surface area contributed by atoms with Crippen LogP contribution in [0.1, 0.15) is 36.1 Å². The summed E-state index contributed by atoms with van der Waals surface area (Å²) in [6.45, 7) is 6.55. The fourth-order valence-electron chi connectivity index (χ4n) is 4.55. The van der Waals surface area contributed by atoms with Gasteiger partial charge in [0.25, 0.3) is 0 Å². The summed E-state index contributed by atoms with van der Waals surface area (Å²) in [6, 6.07) is 6.28. The van der Waals surface area contributed by atoms with E-state index in [1.807, 2.05) is 30.9 Å². The Morgan fingerprint density at radius 2 is 2.10 bits per heavy atom. The van der Waals surface area contributed by atoms with Gasteiger partial charge in [0.2, 0.25) is 5.91 Å². The Labute approximate surface area is 177 Å². The molecule has 0 bridgehead atoms. The van der Waals surface area contributed by atoms with Crippen LogP contribution in [0.2, 0.25) is 0 Å². The number of rotatable bonds is 6. The first kappa shape index (κ1) is 20.5. The highest BCUT2D eigenvalue weighted by molar-refractivity contribution is 5.86. The van der Waals surface area contributed by atoms with Gasteiger partial charge in [-0.25, -0.2) is 0 Å². The third-order valence-electron chi connectivity index (χ3n) is 6.42. The number of hydrogen-bond acceptors (Lipinski definition) is 4. The molecule has 1 aliphatic rings. The van der Waals surface area contributed by atoms with E-state index in [-0.39, 0.29) is 17.9 Å². The van der Waals surface area contributed by atoms with Gasteiger partial charge in [-0.05, 0) is 30.7 Å². The molecule has 7 nitrogen and oxygen atoms in total. The van der Waals surface area contributed by atoms with Crippen molar-refractivity contribution in [2.45, 2.75) is 38.8 Å². The van der Waals surface area contributed by atoms with Gasteiger partial charge < -0.3 is 14.6 Å². The molecule has 0 aliphatic carbocycles. The van der Waals surface area contributed by atoms with E-state index in [0.29, 0.717) is 6.42 Å². The Bertz CT molecular complexity index is 1070. The zero-order valence-electron chi connectivity index (χ0n) is 18.5. The van der Waals surface area contributed by atoms with Gasteiger partial charge in [0.05, 0.1) is 13.3 Å². The lowest BCUT2D eigenvalue weighted by Gasteiger charge is -2.19.